The van der Waals surface area contributed by atoms with Crippen molar-refractivity contribution in [2.24, 2.45) is 0 Å². The number of sulfonamides is 1. The Morgan fingerprint density at radius 1 is 0.962 bits per heavy atom. The van der Waals surface area contributed by atoms with Gasteiger partial charge in [0.1, 0.15) is 0 Å². The van der Waals surface area contributed by atoms with Crippen LogP contribution < -0.4 is 10.0 Å². The minimum absolute atomic E-state index is 0.0586. The van der Waals surface area contributed by atoms with Crippen molar-refractivity contribution in [1.82, 2.24) is 4.72 Å². The van der Waals surface area contributed by atoms with Crippen molar-refractivity contribution in [3.05, 3.63) is 59.7 Å². The lowest BCUT2D eigenvalue weighted by Gasteiger charge is -2.19. The van der Waals surface area contributed by atoms with E-state index in [2.05, 4.69) is 30.8 Å². The fourth-order valence-corrected chi connectivity index (χ4v) is 3.58. The van der Waals surface area contributed by atoms with Crippen LogP contribution >= 0.6 is 0 Å². The van der Waals surface area contributed by atoms with Crippen LogP contribution in [0.1, 0.15) is 38.8 Å². The van der Waals surface area contributed by atoms with Gasteiger partial charge in [0.25, 0.3) is 0 Å². The topological polar surface area (TPSA) is 75.3 Å². The molecule has 0 radical (unpaired) electrons. The highest BCUT2D eigenvalue weighted by atomic mass is 32.2. The van der Waals surface area contributed by atoms with Gasteiger partial charge in [-0.15, -0.1) is 0 Å². The van der Waals surface area contributed by atoms with Gasteiger partial charge < -0.3 is 5.32 Å². The number of carbonyl (C=O) groups excluding carboxylic acids is 1. The van der Waals surface area contributed by atoms with E-state index in [-0.39, 0.29) is 10.3 Å². The summed E-state index contributed by atoms with van der Waals surface area (Å²) < 4.78 is 27.5. The molecule has 0 aliphatic carbocycles. The van der Waals surface area contributed by atoms with E-state index in [1.54, 1.807) is 36.4 Å². The van der Waals surface area contributed by atoms with Crippen molar-refractivity contribution in [3.8, 4) is 0 Å². The Hall–Kier alpha value is -2.18. The van der Waals surface area contributed by atoms with Gasteiger partial charge in [0.2, 0.25) is 15.9 Å². The lowest BCUT2D eigenvalue weighted by Crippen LogP contribution is -2.41. The average molecular weight is 375 g/mol. The van der Waals surface area contributed by atoms with Gasteiger partial charge in [-0.3, -0.25) is 4.79 Å². The van der Waals surface area contributed by atoms with Crippen LogP contribution in [0.2, 0.25) is 0 Å². The van der Waals surface area contributed by atoms with E-state index in [0.29, 0.717) is 5.69 Å². The second kappa shape index (κ2) is 7.60. The molecule has 1 atom stereocenters. The third-order valence-corrected chi connectivity index (χ3v) is 5.63. The van der Waals surface area contributed by atoms with Crippen LogP contribution in [0.3, 0.4) is 0 Å². The molecule has 6 heteroatoms. The predicted octanol–water partition coefficient (Wildman–Crippen LogP) is 3.60. The van der Waals surface area contributed by atoms with Crippen LogP contribution in [-0.4, -0.2) is 20.4 Å². The number of rotatable bonds is 5. The van der Waals surface area contributed by atoms with E-state index in [1.807, 2.05) is 19.1 Å². The summed E-state index contributed by atoms with van der Waals surface area (Å²) in [5.74, 6) is -0.413. The van der Waals surface area contributed by atoms with Crippen molar-refractivity contribution in [2.75, 3.05) is 5.32 Å². The lowest BCUT2D eigenvalue weighted by atomic mass is 9.87. The van der Waals surface area contributed by atoms with E-state index in [9.17, 15) is 13.2 Å². The monoisotopic (exact) mass is 374 g/mol. The molecule has 26 heavy (non-hydrogen) atoms. The third kappa shape index (κ3) is 5.16. The molecule has 2 N–H and O–H groups in total. The molecule has 1 amide bonds. The summed E-state index contributed by atoms with van der Waals surface area (Å²) in [5, 5.41) is 2.71. The van der Waals surface area contributed by atoms with E-state index < -0.39 is 22.0 Å². The number of hydrogen-bond acceptors (Lipinski definition) is 3. The number of nitrogens with one attached hydrogen (secondary N) is 2. The first-order chi connectivity index (χ1) is 12.0. The zero-order valence-electron chi connectivity index (χ0n) is 15.8. The fraction of sp³-hybridized carbons (Fsp3) is 0.350. The molecule has 0 saturated heterocycles. The maximum Gasteiger partial charge on any atom is 0.242 e. The molecule has 0 saturated carbocycles. The molecular weight excluding hydrogens is 348 g/mol. The van der Waals surface area contributed by atoms with Gasteiger partial charge in [-0.25, -0.2) is 8.42 Å². The highest BCUT2D eigenvalue weighted by Crippen LogP contribution is 2.23. The molecule has 0 unspecified atom stereocenters. The fourth-order valence-electron chi connectivity index (χ4n) is 2.38. The van der Waals surface area contributed by atoms with Gasteiger partial charge in [-0.1, -0.05) is 50.6 Å². The maximum atomic E-state index is 12.5. The van der Waals surface area contributed by atoms with Crippen molar-refractivity contribution < 1.29 is 13.2 Å². The van der Waals surface area contributed by atoms with Crippen LogP contribution in [0.15, 0.2) is 53.4 Å². The Balaban J connectivity index is 2.07. The van der Waals surface area contributed by atoms with Crippen molar-refractivity contribution >= 4 is 21.6 Å². The quantitative estimate of drug-likeness (QED) is 0.840. The maximum absolute atomic E-state index is 12.5. The second-order valence-electron chi connectivity index (χ2n) is 7.47. The molecule has 0 bridgehead atoms. The number of amides is 1. The van der Waals surface area contributed by atoms with Gasteiger partial charge in [-0.05, 0) is 49.1 Å². The molecule has 0 fully saturated rings. The van der Waals surface area contributed by atoms with Gasteiger partial charge in [0, 0.05) is 5.69 Å². The van der Waals surface area contributed by atoms with Gasteiger partial charge in [0.05, 0.1) is 10.9 Å². The van der Waals surface area contributed by atoms with Crippen LogP contribution in [-0.2, 0) is 20.2 Å². The molecule has 0 aliphatic heterocycles. The smallest absolute Gasteiger partial charge is 0.242 e. The molecule has 0 spiro atoms. The summed E-state index contributed by atoms with van der Waals surface area (Å²) in [6.45, 7) is 9.66. The summed E-state index contributed by atoms with van der Waals surface area (Å²) in [6.07, 6.45) is 0. The summed E-state index contributed by atoms with van der Waals surface area (Å²) in [6, 6.07) is 13.1. The van der Waals surface area contributed by atoms with E-state index in [1.165, 1.54) is 6.92 Å². The Morgan fingerprint density at radius 3 is 2.00 bits per heavy atom. The summed E-state index contributed by atoms with van der Waals surface area (Å²) in [4.78, 5) is 12.4. The second-order valence-corrected chi connectivity index (χ2v) is 9.19. The molecule has 2 aromatic carbocycles. The molecule has 0 heterocycles. The lowest BCUT2D eigenvalue weighted by molar-refractivity contribution is -0.117. The Morgan fingerprint density at radius 2 is 1.50 bits per heavy atom. The predicted molar refractivity (Wildman–Crippen MR) is 105 cm³/mol. The zero-order valence-corrected chi connectivity index (χ0v) is 16.6. The van der Waals surface area contributed by atoms with Crippen LogP contribution in [0.4, 0.5) is 5.69 Å². The standard InChI is InChI=1S/C20H26N2O3S/c1-14-6-10-17(11-7-14)21-19(23)15(2)22-26(24,25)18-12-8-16(9-13-18)20(3,4)5/h6-13,15,22H,1-5H3,(H,21,23)/t15-/m0/s1. The first kappa shape index (κ1) is 20.1. The number of hydrogen-bond donors (Lipinski definition) is 2. The van der Waals surface area contributed by atoms with Gasteiger partial charge in [0.15, 0.2) is 0 Å². The number of carbonyl (C=O) groups is 1. The van der Waals surface area contributed by atoms with Crippen molar-refractivity contribution in [3.63, 3.8) is 0 Å². The molecule has 5 nitrogen and oxygen atoms in total. The SMILES string of the molecule is Cc1ccc(NC(=O)[C@H](C)NS(=O)(=O)c2ccc(C(C)(C)C)cc2)cc1. The summed E-state index contributed by atoms with van der Waals surface area (Å²) in [7, 11) is -3.78. The molecule has 2 aromatic rings. The first-order valence-corrected chi connectivity index (χ1v) is 9.98. The van der Waals surface area contributed by atoms with E-state index in [4.69, 9.17) is 0 Å². The van der Waals surface area contributed by atoms with E-state index >= 15 is 0 Å². The van der Waals surface area contributed by atoms with Crippen LogP contribution in [0.25, 0.3) is 0 Å². The normalized spacial score (nSPS) is 13.3. The first-order valence-electron chi connectivity index (χ1n) is 8.49. The largest absolute Gasteiger partial charge is 0.325 e. The molecular formula is C20H26N2O3S. The average Bonchev–Trinajstić information content (AvgIpc) is 2.56. The summed E-state index contributed by atoms with van der Waals surface area (Å²) in [5.41, 5.74) is 2.69. The van der Waals surface area contributed by atoms with Crippen molar-refractivity contribution in [2.45, 2.75) is 51.0 Å². The zero-order chi connectivity index (χ0) is 19.5. The highest BCUT2D eigenvalue weighted by molar-refractivity contribution is 7.89. The number of anilines is 1. The third-order valence-electron chi connectivity index (χ3n) is 4.07. The minimum Gasteiger partial charge on any atom is -0.325 e. The highest BCUT2D eigenvalue weighted by Gasteiger charge is 2.23. The molecule has 2 rings (SSSR count). The molecule has 0 aromatic heterocycles. The van der Waals surface area contributed by atoms with Crippen molar-refractivity contribution in [1.29, 1.82) is 0 Å². The molecule has 0 aliphatic rings. The van der Waals surface area contributed by atoms with Gasteiger partial charge >= 0.3 is 0 Å². The Labute approximate surface area is 155 Å². The van der Waals surface area contributed by atoms with Gasteiger partial charge in [-0.2, -0.15) is 4.72 Å². The summed E-state index contributed by atoms with van der Waals surface area (Å²) >= 11 is 0. The van der Waals surface area contributed by atoms with E-state index in [0.717, 1.165) is 11.1 Å². The van der Waals surface area contributed by atoms with Crippen LogP contribution in [0.5, 0.6) is 0 Å². The molecule has 140 valence electrons. The Bertz CT molecular complexity index is 865. The number of benzene rings is 2. The van der Waals surface area contributed by atoms with Crippen LogP contribution in [0, 0.1) is 6.92 Å². The Kier molecular flexibility index (Phi) is 5.88. The minimum atomic E-state index is -3.78. The number of aryl methyl sites for hydroxylation is 1.